The van der Waals surface area contributed by atoms with Gasteiger partial charge < -0.3 is 0 Å². The minimum atomic E-state index is -0.225. The first-order chi connectivity index (χ1) is 12.2. The van der Waals surface area contributed by atoms with Gasteiger partial charge in [0.25, 0.3) is 0 Å². The lowest BCUT2D eigenvalue weighted by Crippen LogP contribution is -2.51. The van der Waals surface area contributed by atoms with E-state index in [1.54, 1.807) is 12.3 Å². The summed E-state index contributed by atoms with van der Waals surface area (Å²) < 4.78 is 13.3. The van der Waals surface area contributed by atoms with Crippen molar-refractivity contribution in [2.24, 2.45) is 0 Å². The van der Waals surface area contributed by atoms with Crippen molar-refractivity contribution in [3.8, 4) is 0 Å². The molecule has 0 radical (unpaired) electrons. The van der Waals surface area contributed by atoms with Crippen molar-refractivity contribution in [1.29, 1.82) is 0 Å². The Morgan fingerprint density at radius 2 is 1.72 bits per heavy atom. The standard InChI is InChI=1S/C21H26FN3/c22-20-14-19(15-23-16-20)6-7-21(8-9-21)25-12-10-24(11-13-25)17-18-4-2-1-3-5-18/h1-5,14-16H,6-13,17H2. The fourth-order valence-electron chi connectivity index (χ4n) is 4.06. The Hall–Kier alpha value is -1.78. The van der Waals surface area contributed by atoms with Gasteiger partial charge in [-0.05, 0) is 42.9 Å². The van der Waals surface area contributed by atoms with Gasteiger partial charge in [-0.2, -0.15) is 0 Å². The Morgan fingerprint density at radius 1 is 0.960 bits per heavy atom. The Balaban J connectivity index is 1.28. The lowest BCUT2D eigenvalue weighted by molar-refractivity contribution is 0.0768. The molecule has 1 saturated heterocycles. The van der Waals surface area contributed by atoms with Gasteiger partial charge in [-0.3, -0.25) is 14.8 Å². The highest BCUT2D eigenvalue weighted by Gasteiger charge is 2.47. The predicted octanol–water partition coefficient (Wildman–Crippen LogP) is 3.50. The third kappa shape index (κ3) is 4.07. The molecule has 4 rings (SSSR count). The minimum Gasteiger partial charge on any atom is -0.297 e. The lowest BCUT2D eigenvalue weighted by Gasteiger charge is -2.40. The summed E-state index contributed by atoms with van der Waals surface area (Å²) in [6.07, 6.45) is 7.70. The zero-order chi connectivity index (χ0) is 17.1. The zero-order valence-corrected chi connectivity index (χ0v) is 14.7. The van der Waals surface area contributed by atoms with Crippen molar-refractivity contribution in [1.82, 2.24) is 14.8 Å². The van der Waals surface area contributed by atoms with Crippen molar-refractivity contribution in [3.05, 3.63) is 65.7 Å². The number of nitrogens with zero attached hydrogens (tertiary/aromatic N) is 3. The molecule has 2 fully saturated rings. The monoisotopic (exact) mass is 339 g/mol. The molecule has 1 aliphatic heterocycles. The number of hydrogen-bond donors (Lipinski definition) is 0. The number of hydrogen-bond acceptors (Lipinski definition) is 3. The Kier molecular flexibility index (Phi) is 4.82. The molecule has 0 bridgehead atoms. The van der Waals surface area contributed by atoms with Crippen molar-refractivity contribution in [2.45, 2.75) is 37.8 Å². The van der Waals surface area contributed by atoms with Gasteiger partial charge in [0.05, 0.1) is 6.20 Å². The molecule has 25 heavy (non-hydrogen) atoms. The summed E-state index contributed by atoms with van der Waals surface area (Å²) in [7, 11) is 0. The van der Waals surface area contributed by atoms with Crippen LogP contribution in [0.3, 0.4) is 0 Å². The maximum atomic E-state index is 13.3. The smallest absolute Gasteiger partial charge is 0.141 e. The summed E-state index contributed by atoms with van der Waals surface area (Å²) in [4.78, 5) is 9.21. The van der Waals surface area contributed by atoms with Gasteiger partial charge in [0.15, 0.2) is 0 Å². The molecule has 0 atom stereocenters. The van der Waals surface area contributed by atoms with Crippen molar-refractivity contribution in [3.63, 3.8) is 0 Å². The summed E-state index contributed by atoms with van der Waals surface area (Å²) in [5, 5.41) is 0. The molecule has 0 spiro atoms. The molecule has 2 aliphatic rings. The number of piperazine rings is 1. The molecule has 0 amide bonds. The van der Waals surface area contributed by atoms with E-state index >= 15 is 0 Å². The Bertz CT molecular complexity index is 691. The van der Waals surface area contributed by atoms with Gasteiger partial charge >= 0.3 is 0 Å². The van der Waals surface area contributed by atoms with Crippen LogP contribution in [0.25, 0.3) is 0 Å². The fourth-order valence-corrected chi connectivity index (χ4v) is 4.06. The zero-order valence-electron chi connectivity index (χ0n) is 14.7. The number of rotatable bonds is 6. The van der Waals surface area contributed by atoms with E-state index in [-0.39, 0.29) is 5.82 Å². The lowest BCUT2D eigenvalue weighted by atomic mass is 10.0. The molecule has 1 aromatic carbocycles. The van der Waals surface area contributed by atoms with E-state index < -0.39 is 0 Å². The van der Waals surface area contributed by atoms with E-state index in [0.29, 0.717) is 5.54 Å². The Morgan fingerprint density at radius 3 is 2.40 bits per heavy atom. The summed E-state index contributed by atoms with van der Waals surface area (Å²) in [6, 6.07) is 12.4. The van der Waals surface area contributed by atoms with Gasteiger partial charge in [0.1, 0.15) is 5.82 Å². The van der Waals surface area contributed by atoms with Gasteiger partial charge in [-0.1, -0.05) is 30.3 Å². The molecular weight excluding hydrogens is 313 g/mol. The average molecular weight is 339 g/mol. The van der Waals surface area contributed by atoms with Crippen LogP contribution in [0.1, 0.15) is 30.4 Å². The third-order valence-corrected chi connectivity index (χ3v) is 5.76. The van der Waals surface area contributed by atoms with E-state index in [1.165, 1.54) is 24.6 Å². The van der Waals surface area contributed by atoms with Crippen LogP contribution in [-0.4, -0.2) is 46.5 Å². The van der Waals surface area contributed by atoms with Crippen LogP contribution in [0, 0.1) is 5.82 Å². The second kappa shape index (κ2) is 7.22. The average Bonchev–Trinajstić information content (AvgIpc) is 3.43. The fraction of sp³-hybridized carbons (Fsp3) is 0.476. The molecule has 2 heterocycles. The third-order valence-electron chi connectivity index (χ3n) is 5.76. The highest BCUT2D eigenvalue weighted by molar-refractivity contribution is 5.15. The predicted molar refractivity (Wildman–Crippen MR) is 97.8 cm³/mol. The molecule has 3 nitrogen and oxygen atoms in total. The summed E-state index contributed by atoms with van der Waals surface area (Å²) in [6.45, 7) is 5.62. The van der Waals surface area contributed by atoms with Crippen molar-refractivity contribution in [2.75, 3.05) is 26.2 Å². The quantitative estimate of drug-likeness (QED) is 0.803. The van der Waals surface area contributed by atoms with Crippen molar-refractivity contribution >= 4 is 0 Å². The van der Waals surface area contributed by atoms with Crippen LogP contribution in [0.4, 0.5) is 4.39 Å². The summed E-state index contributed by atoms with van der Waals surface area (Å²) >= 11 is 0. The van der Waals surface area contributed by atoms with Crippen LogP contribution in [-0.2, 0) is 13.0 Å². The van der Waals surface area contributed by atoms with Crippen molar-refractivity contribution < 1.29 is 4.39 Å². The van der Waals surface area contributed by atoms with E-state index in [9.17, 15) is 4.39 Å². The first kappa shape index (κ1) is 16.7. The molecular formula is C21H26FN3. The van der Waals surface area contributed by atoms with Crippen LogP contribution in [0.2, 0.25) is 0 Å². The largest absolute Gasteiger partial charge is 0.297 e. The molecule has 132 valence electrons. The maximum Gasteiger partial charge on any atom is 0.141 e. The normalized spacial score (nSPS) is 20.5. The number of aryl methyl sites for hydroxylation is 1. The summed E-state index contributed by atoms with van der Waals surface area (Å²) in [5.74, 6) is -0.225. The molecule has 1 aromatic heterocycles. The minimum absolute atomic E-state index is 0.225. The van der Waals surface area contributed by atoms with E-state index in [0.717, 1.165) is 51.1 Å². The highest BCUT2D eigenvalue weighted by atomic mass is 19.1. The van der Waals surface area contributed by atoms with Gasteiger partial charge in [0, 0.05) is 44.5 Å². The van der Waals surface area contributed by atoms with E-state index in [2.05, 4.69) is 45.1 Å². The van der Waals surface area contributed by atoms with Gasteiger partial charge in [0.2, 0.25) is 0 Å². The number of aromatic nitrogens is 1. The van der Waals surface area contributed by atoms with Crippen LogP contribution in [0.5, 0.6) is 0 Å². The first-order valence-corrected chi connectivity index (χ1v) is 9.34. The van der Waals surface area contributed by atoms with Crippen LogP contribution < -0.4 is 0 Å². The number of halogens is 1. The Labute approximate surface area is 149 Å². The number of pyridine rings is 1. The molecule has 0 unspecified atom stereocenters. The highest BCUT2D eigenvalue weighted by Crippen LogP contribution is 2.45. The van der Waals surface area contributed by atoms with E-state index in [1.807, 2.05) is 0 Å². The topological polar surface area (TPSA) is 19.4 Å². The van der Waals surface area contributed by atoms with Gasteiger partial charge in [-0.15, -0.1) is 0 Å². The maximum absolute atomic E-state index is 13.3. The molecule has 4 heteroatoms. The second-order valence-electron chi connectivity index (χ2n) is 7.48. The van der Waals surface area contributed by atoms with Crippen LogP contribution in [0.15, 0.2) is 48.8 Å². The van der Waals surface area contributed by atoms with E-state index in [4.69, 9.17) is 0 Å². The second-order valence-corrected chi connectivity index (χ2v) is 7.48. The molecule has 2 aromatic rings. The molecule has 1 aliphatic carbocycles. The molecule has 1 saturated carbocycles. The first-order valence-electron chi connectivity index (χ1n) is 9.34. The molecule has 0 N–H and O–H groups in total. The SMILES string of the molecule is Fc1cncc(CCC2(N3CCN(Cc4ccccc4)CC3)CC2)c1. The number of benzene rings is 1. The van der Waals surface area contributed by atoms with Gasteiger partial charge in [-0.25, -0.2) is 4.39 Å². The summed E-state index contributed by atoms with van der Waals surface area (Å²) in [5.41, 5.74) is 2.79. The van der Waals surface area contributed by atoms with Crippen LogP contribution >= 0.6 is 0 Å².